The van der Waals surface area contributed by atoms with Crippen LogP contribution in [0.5, 0.6) is 0 Å². The predicted octanol–water partition coefficient (Wildman–Crippen LogP) is 4.07. The van der Waals surface area contributed by atoms with E-state index in [9.17, 15) is 13.2 Å². The maximum Gasteiger partial charge on any atom is 0.261 e. The molecular weight excluding hydrogens is 422 g/mol. The summed E-state index contributed by atoms with van der Waals surface area (Å²) in [5.41, 5.74) is 4.26. The molecule has 32 heavy (non-hydrogen) atoms. The van der Waals surface area contributed by atoms with Gasteiger partial charge in [-0.2, -0.15) is 0 Å². The monoisotopic (exact) mass is 449 g/mol. The number of nitrogens with zero attached hydrogens (tertiary/aromatic N) is 2. The summed E-state index contributed by atoms with van der Waals surface area (Å²) in [6.07, 6.45) is 0. The Morgan fingerprint density at radius 2 is 1.53 bits per heavy atom. The van der Waals surface area contributed by atoms with Crippen molar-refractivity contribution in [1.82, 2.24) is 4.90 Å². The van der Waals surface area contributed by atoms with Crippen molar-refractivity contribution in [2.45, 2.75) is 18.7 Å². The number of para-hydroxylation sites is 1. The molecule has 0 radical (unpaired) electrons. The molecule has 6 nitrogen and oxygen atoms in total. The highest BCUT2D eigenvalue weighted by molar-refractivity contribution is 7.92. The summed E-state index contributed by atoms with van der Waals surface area (Å²) < 4.78 is 28.0. The van der Waals surface area contributed by atoms with Gasteiger partial charge in [-0.3, -0.25) is 9.52 Å². The van der Waals surface area contributed by atoms with Crippen molar-refractivity contribution in [3.05, 3.63) is 89.5 Å². The first-order valence-corrected chi connectivity index (χ1v) is 12.1. The number of sulfonamides is 1. The lowest BCUT2D eigenvalue weighted by Gasteiger charge is -2.36. The molecule has 0 bridgehead atoms. The van der Waals surface area contributed by atoms with E-state index in [2.05, 4.69) is 34.7 Å². The molecule has 166 valence electrons. The van der Waals surface area contributed by atoms with Crippen molar-refractivity contribution < 1.29 is 13.2 Å². The van der Waals surface area contributed by atoms with E-state index in [-0.39, 0.29) is 10.8 Å². The minimum absolute atomic E-state index is 0.0790. The van der Waals surface area contributed by atoms with Gasteiger partial charge in [0.25, 0.3) is 15.9 Å². The molecule has 7 heteroatoms. The summed E-state index contributed by atoms with van der Waals surface area (Å²) in [5, 5.41) is 0. The first-order chi connectivity index (χ1) is 15.3. The highest BCUT2D eigenvalue weighted by Gasteiger charge is 2.23. The Kier molecular flexibility index (Phi) is 6.19. The zero-order valence-corrected chi connectivity index (χ0v) is 19.1. The summed E-state index contributed by atoms with van der Waals surface area (Å²) >= 11 is 0. The van der Waals surface area contributed by atoms with Crippen LogP contribution in [0.15, 0.2) is 77.7 Å². The Morgan fingerprint density at radius 3 is 2.19 bits per heavy atom. The molecule has 1 aliphatic rings. The van der Waals surface area contributed by atoms with E-state index in [0.29, 0.717) is 24.3 Å². The number of hydrogen-bond donors (Lipinski definition) is 1. The molecule has 3 aromatic carbocycles. The van der Waals surface area contributed by atoms with Crippen LogP contribution >= 0.6 is 0 Å². The molecule has 1 N–H and O–H groups in total. The van der Waals surface area contributed by atoms with Gasteiger partial charge in [-0.1, -0.05) is 30.3 Å². The maximum absolute atomic E-state index is 12.9. The Hall–Kier alpha value is -3.32. The number of benzene rings is 3. The number of hydrogen-bond acceptors (Lipinski definition) is 4. The SMILES string of the molecule is Cc1cccc(N2CCN(C(=O)c3ccc(S(=O)(=O)Nc4ccccc4C)cc3)CC2)c1. The van der Waals surface area contributed by atoms with Crippen LogP contribution in [0, 0.1) is 13.8 Å². The smallest absolute Gasteiger partial charge is 0.261 e. The number of rotatable bonds is 5. The Bertz CT molecular complexity index is 1220. The second-order valence-corrected chi connectivity index (χ2v) is 9.75. The molecule has 3 aromatic rings. The number of carbonyl (C=O) groups excluding carboxylic acids is 1. The largest absolute Gasteiger partial charge is 0.368 e. The standard InChI is InChI=1S/C25H27N3O3S/c1-19-6-5-8-22(18-19)27-14-16-28(17-15-27)25(29)21-10-12-23(13-11-21)32(30,31)26-24-9-4-3-7-20(24)2/h3-13,18,26H,14-17H2,1-2H3. The average Bonchev–Trinajstić information content (AvgIpc) is 2.80. The predicted molar refractivity (Wildman–Crippen MR) is 128 cm³/mol. The van der Waals surface area contributed by atoms with Crippen molar-refractivity contribution in [2.24, 2.45) is 0 Å². The fraction of sp³-hybridized carbons (Fsp3) is 0.240. The van der Waals surface area contributed by atoms with Crippen molar-refractivity contribution in [1.29, 1.82) is 0 Å². The van der Waals surface area contributed by atoms with Crippen LogP contribution in [-0.4, -0.2) is 45.4 Å². The lowest BCUT2D eigenvalue weighted by molar-refractivity contribution is 0.0746. The molecule has 0 unspecified atom stereocenters. The molecule has 0 atom stereocenters. The van der Waals surface area contributed by atoms with Gasteiger partial charge in [0.2, 0.25) is 0 Å². The van der Waals surface area contributed by atoms with Crippen molar-refractivity contribution in [3.63, 3.8) is 0 Å². The van der Waals surface area contributed by atoms with Crippen LogP contribution in [0.1, 0.15) is 21.5 Å². The molecule has 1 heterocycles. The van der Waals surface area contributed by atoms with Gasteiger partial charge in [0.05, 0.1) is 10.6 Å². The van der Waals surface area contributed by atoms with Crippen LogP contribution in [0.3, 0.4) is 0 Å². The van der Waals surface area contributed by atoms with Crippen LogP contribution < -0.4 is 9.62 Å². The van der Waals surface area contributed by atoms with Crippen LogP contribution in [0.2, 0.25) is 0 Å². The third-order valence-corrected chi connectivity index (χ3v) is 7.12. The normalized spacial score (nSPS) is 14.3. The summed E-state index contributed by atoms with van der Waals surface area (Å²) in [4.78, 5) is 17.2. The van der Waals surface area contributed by atoms with Gasteiger partial charge in [-0.15, -0.1) is 0 Å². The minimum Gasteiger partial charge on any atom is -0.368 e. The number of piperazine rings is 1. The van der Waals surface area contributed by atoms with E-state index >= 15 is 0 Å². The summed E-state index contributed by atoms with van der Waals surface area (Å²) in [7, 11) is -3.73. The van der Waals surface area contributed by atoms with Gasteiger partial charge in [-0.25, -0.2) is 8.42 Å². The van der Waals surface area contributed by atoms with Gasteiger partial charge in [0, 0.05) is 37.4 Å². The molecule has 1 aliphatic heterocycles. The van der Waals surface area contributed by atoms with Gasteiger partial charge in [-0.05, 0) is 67.4 Å². The Labute approximate surface area is 189 Å². The van der Waals surface area contributed by atoms with E-state index in [1.807, 2.05) is 30.0 Å². The van der Waals surface area contributed by atoms with Gasteiger partial charge in [0.15, 0.2) is 0 Å². The quantitative estimate of drug-likeness (QED) is 0.638. The topological polar surface area (TPSA) is 69.7 Å². The van der Waals surface area contributed by atoms with Gasteiger partial charge < -0.3 is 9.80 Å². The van der Waals surface area contributed by atoms with E-state index in [1.54, 1.807) is 24.3 Å². The van der Waals surface area contributed by atoms with Gasteiger partial charge in [0.1, 0.15) is 0 Å². The van der Waals surface area contributed by atoms with E-state index < -0.39 is 10.0 Å². The summed E-state index contributed by atoms with van der Waals surface area (Å²) in [6, 6.07) is 21.7. The zero-order valence-electron chi connectivity index (χ0n) is 18.3. The number of aryl methyl sites for hydroxylation is 2. The van der Waals surface area contributed by atoms with Crippen molar-refractivity contribution >= 4 is 27.3 Å². The molecule has 0 aliphatic carbocycles. The first kappa shape index (κ1) is 21.9. The number of anilines is 2. The summed E-state index contributed by atoms with van der Waals surface area (Å²) in [5.74, 6) is -0.0790. The van der Waals surface area contributed by atoms with E-state index in [1.165, 1.54) is 23.4 Å². The minimum atomic E-state index is -3.73. The molecule has 0 aromatic heterocycles. The van der Waals surface area contributed by atoms with Crippen molar-refractivity contribution in [2.75, 3.05) is 35.8 Å². The molecule has 0 saturated carbocycles. The van der Waals surface area contributed by atoms with E-state index in [0.717, 1.165) is 18.7 Å². The van der Waals surface area contributed by atoms with Crippen molar-refractivity contribution in [3.8, 4) is 0 Å². The highest BCUT2D eigenvalue weighted by Crippen LogP contribution is 2.21. The molecular formula is C25H27N3O3S. The van der Waals surface area contributed by atoms with Gasteiger partial charge >= 0.3 is 0 Å². The first-order valence-electron chi connectivity index (χ1n) is 10.6. The maximum atomic E-state index is 12.9. The number of nitrogens with one attached hydrogen (secondary N) is 1. The van der Waals surface area contributed by atoms with E-state index in [4.69, 9.17) is 0 Å². The second-order valence-electron chi connectivity index (χ2n) is 8.06. The third-order valence-electron chi connectivity index (χ3n) is 5.73. The molecule has 1 fully saturated rings. The average molecular weight is 450 g/mol. The lowest BCUT2D eigenvalue weighted by atomic mass is 10.1. The van der Waals surface area contributed by atoms with Crippen LogP contribution in [-0.2, 0) is 10.0 Å². The Morgan fingerprint density at radius 1 is 0.844 bits per heavy atom. The zero-order chi connectivity index (χ0) is 22.7. The molecule has 1 amide bonds. The highest BCUT2D eigenvalue weighted by atomic mass is 32.2. The van der Waals surface area contributed by atoms with Crippen LogP contribution in [0.25, 0.3) is 0 Å². The number of carbonyl (C=O) groups is 1. The number of amides is 1. The lowest BCUT2D eigenvalue weighted by Crippen LogP contribution is -2.48. The molecule has 4 rings (SSSR count). The van der Waals surface area contributed by atoms with Crippen LogP contribution in [0.4, 0.5) is 11.4 Å². The fourth-order valence-electron chi connectivity index (χ4n) is 3.84. The Balaban J connectivity index is 1.41. The fourth-order valence-corrected chi connectivity index (χ4v) is 4.97. The third kappa shape index (κ3) is 4.78. The molecule has 1 saturated heterocycles. The summed E-state index contributed by atoms with van der Waals surface area (Å²) in [6.45, 7) is 6.70. The molecule has 0 spiro atoms. The second kappa shape index (κ2) is 9.04.